The minimum Gasteiger partial charge on any atom is -0.339 e. The molecule has 2 amide bonds. The highest BCUT2D eigenvalue weighted by Crippen LogP contribution is 2.30. The second-order valence-corrected chi connectivity index (χ2v) is 11.3. The summed E-state index contributed by atoms with van der Waals surface area (Å²) in [4.78, 5) is 27.4. The van der Waals surface area contributed by atoms with Gasteiger partial charge in [-0.15, -0.1) is 0 Å². The van der Waals surface area contributed by atoms with Crippen LogP contribution in [-0.2, 0) is 19.6 Å². The van der Waals surface area contributed by atoms with E-state index in [1.807, 2.05) is 11.8 Å². The van der Waals surface area contributed by atoms with Gasteiger partial charge in [0.2, 0.25) is 21.8 Å². The molecule has 3 aliphatic rings. The molecule has 2 aliphatic heterocycles. The van der Waals surface area contributed by atoms with Gasteiger partial charge >= 0.3 is 0 Å². The normalized spacial score (nSPS) is 25.8. The number of carbonyl (C=O) groups is 2. The summed E-state index contributed by atoms with van der Waals surface area (Å²) in [6, 6.07) is 6.76. The van der Waals surface area contributed by atoms with Gasteiger partial charge in [-0.1, -0.05) is 32.6 Å². The van der Waals surface area contributed by atoms with Crippen LogP contribution >= 0.6 is 0 Å². The molecule has 1 aliphatic carbocycles. The molecule has 0 spiro atoms. The van der Waals surface area contributed by atoms with Crippen molar-refractivity contribution in [2.45, 2.75) is 88.1 Å². The summed E-state index contributed by atoms with van der Waals surface area (Å²) in [6.45, 7) is 3.07. The van der Waals surface area contributed by atoms with E-state index < -0.39 is 10.0 Å². The van der Waals surface area contributed by atoms with E-state index in [1.165, 1.54) is 6.42 Å². The number of rotatable bonds is 6. The Hall–Kier alpha value is -1.93. The Morgan fingerprint density at radius 1 is 1.03 bits per heavy atom. The first-order valence-electron chi connectivity index (χ1n) is 12.1. The van der Waals surface area contributed by atoms with E-state index in [9.17, 15) is 18.0 Å². The molecule has 4 rings (SSSR count). The number of hydrogen-bond donors (Lipinski definition) is 1. The fraction of sp³-hybridized carbons (Fsp3) is 0.667. The van der Waals surface area contributed by atoms with Crippen molar-refractivity contribution >= 4 is 27.5 Å². The molecule has 0 radical (unpaired) electrons. The largest absolute Gasteiger partial charge is 0.339 e. The van der Waals surface area contributed by atoms with Gasteiger partial charge in [0.15, 0.2) is 0 Å². The van der Waals surface area contributed by atoms with Gasteiger partial charge in [0.25, 0.3) is 0 Å². The van der Waals surface area contributed by atoms with E-state index in [1.54, 1.807) is 28.6 Å². The maximum Gasteiger partial charge on any atom is 0.243 e. The SMILES string of the molecule is CC[C@H]1CCCCN1S(=O)(=O)c1ccc(NC(=O)[C@@H]2CC(=O)N(C3CCCCC3)C2)cc1. The lowest BCUT2D eigenvalue weighted by molar-refractivity contribution is -0.130. The third kappa shape index (κ3) is 4.86. The number of likely N-dealkylation sites (tertiary alicyclic amines) is 1. The van der Waals surface area contributed by atoms with Crippen molar-refractivity contribution in [2.24, 2.45) is 5.92 Å². The molecule has 8 heteroatoms. The monoisotopic (exact) mass is 461 g/mol. The number of hydrogen-bond acceptors (Lipinski definition) is 4. The van der Waals surface area contributed by atoms with Crippen LogP contribution in [0.4, 0.5) is 5.69 Å². The van der Waals surface area contributed by atoms with Crippen molar-refractivity contribution in [1.82, 2.24) is 9.21 Å². The Morgan fingerprint density at radius 3 is 2.41 bits per heavy atom. The minimum absolute atomic E-state index is 0.0557. The van der Waals surface area contributed by atoms with E-state index in [2.05, 4.69) is 5.32 Å². The van der Waals surface area contributed by atoms with Crippen LogP contribution in [0.3, 0.4) is 0 Å². The summed E-state index contributed by atoms with van der Waals surface area (Å²) in [5, 5.41) is 2.88. The number of amides is 2. The lowest BCUT2D eigenvalue weighted by Gasteiger charge is -2.34. The number of piperidine rings is 1. The van der Waals surface area contributed by atoms with Crippen molar-refractivity contribution < 1.29 is 18.0 Å². The molecule has 3 fully saturated rings. The van der Waals surface area contributed by atoms with Crippen LogP contribution in [0.1, 0.15) is 71.1 Å². The van der Waals surface area contributed by atoms with Crippen LogP contribution in [0.25, 0.3) is 0 Å². The van der Waals surface area contributed by atoms with E-state index in [4.69, 9.17) is 0 Å². The topological polar surface area (TPSA) is 86.8 Å². The first-order chi connectivity index (χ1) is 15.4. The number of anilines is 1. The molecule has 0 aromatic heterocycles. The highest BCUT2D eigenvalue weighted by Gasteiger charge is 2.38. The van der Waals surface area contributed by atoms with Gasteiger partial charge in [0.05, 0.1) is 10.8 Å². The summed E-state index contributed by atoms with van der Waals surface area (Å²) < 4.78 is 27.9. The molecule has 2 atom stereocenters. The van der Waals surface area contributed by atoms with Crippen LogP contribution in [0.2, 0.25) is 0 Å². The molecule has 1 aromatic carbocycles. The van der Waals surface area contributed by atoms with Gasteiger partial charge in [-0.25, -0.2) is 8.42 Å². The zero-order valence-corrected chi connectivity index (χ0v) is 19.8. The maximum absolute atomic E-state index is 13.1. The molecule has 176 valence electrons. The Morgan fingerprint density at radius 2 is 1.72 bits per heavy atom. The van der Waals surface area contributed by atoms with Gasteiger partial charge in [0.1, 0.15) is 0 Å². The van der Waals surface area contributed by atoms with Crippen LogP contribution in [0, 0.1) is 5.92 Å². The number of carbonyl (C=O) groups excluding carboxylic acids is 2. The quantitative estimate of drug-likeness (QED) is 0.699. The summed E-state index contributed by atoms with van der Waals surface area (Å²) in [7, 11) is -3.54. The summed E-state index contributed by atoms with van der Waals surface area (Å²) >= 11 is 0. The predicted octanol–water partition coefficient (Wildman–Crippen LogP) is 3.76. The summed E-state index contributed by atoms with van der Waals surface area (Å²) in [5.74, 6) is -0.452. The molecule has 1 saturated carbocycles. The molecular weight excluding hydrogens is 426 g/mol. The molecule has 2 heterocycles. The minimum atomic E-state index is -3.54. The van der Waals surface area contributed by atoms with Gasteiger partial charge < -0.3 is 10.2 Å². The molecule has 1 N–H and O–H groups in total. The van der Waals surface area contributed by atoms with Crippen molar-refractivity contribution in [3.63, 3.8) is 0 Å². The highest BCUT2D eigenvalue weighted by atomic mass is 32.2. The molecule has 0 unspecified atom stereocenters. The lowest BCUT2D eigenvalue weighted by Crippen LogP contribution is -2.43. The Bertz CT molecular complexity index is 925. The van der Waals surface area contributed by atoms with Crippen molar-refractivity contribution in [2.75, 3.05) is 18.4 Å². The van der Waals surface area contributed by atoms with Crippen molar-refractivity contribution in [1.29, 1.82) is 0 Å². The third-order valence-electron chi connectivity index (χ3n) is 7.32. The van der Waals surface area contributed by atoms with Crippen LogP contribution in [0.15, 0.2) is 29.2 Å². The average Bonchev–Trinajstić information content (AvgIpc) is 3.21. The molecule has 0 bridgehead atoms. The zero-order chi connectivity index (χ0) is 22.7. The van der Waals surface area contributed by atoms with Crippen LogP contribution < -0.4 is 5.32 Å². The number of nitrogens with one attached hydrogen (secondary N) is 1. The maximum atomic E-state index is 13.1. The zero-order valence-electron chi connectivity index (χ0n) is 19.0. The van der Waals surface area contributed by atoms with Gasteiger partial charge in [0, 0.05) is 37.3 Å². The lowest BCUT2D eigenvalue weighted by atomic mass is 9.94. The fourth-order valence-corrected chi connectivity index (χ4v) is 7.21. The number of sulfonamides is 1. The average molecular weight is 462 g/mol. The van der Waals surface area contributed by atoms with E-state index in [0.29, 0.717) is 18.8 Å². The summed E-state index contributed by atoms with van der Waals surface area (Å²) in [6.07, 6.45) is 9.52. The molecule has 32 heavy (non-hydrogen) atoms. The highest BCUT2D eigenvalue weighted by molar-refractivity contribution is 7.89. The van der Waals surface area contributed by atoms with Gasteiger partial charge in [-0.05, 0) is 56.4 Å². The smallest absolute Gasteiger partial charge is 0.243 e. The van der Waals surface area contributed by atoms with E-state index >= 15 is 0 Å². The van der Waals surface area contributed by atoms with Gasteiger partial charge in [-0.3, -0.25) is 9.59 Å². The Kier molecular flexibility index (Phi) is 7.20. The first kappa shape index (κ1) is 23.2. The van der Waals surface area contributed by atoms with E-state index in [-0.39, 0.29) is 41.1 Å². The second-order valence-electron chi connectivity index (χ2n) is 9.43. The molecule has 7 nitrogen and oxygen atoms in total. The fourth-order valence-electron chi connectivity index (χ4n) is 5.44. The Labute approximate surface area is 191 Å². The number of nitrogens with zero attached hydrogens (tertiary/aromatic N) is 2. The van der Waals surface area contributed by atoms with Crippen LogP contribution in [0.5, 0.6) is 0 Å². The third-order valence-corrected chi connectivity index (χ3v) is 9.28. The molecule has 2 saturated heterocycles. The van der Waals surface area contributed by atoms with E-state index in [0.717, 1.165) is 51.4 Å². The second kappa shape index (κ2) is 9.91. The van der Waals surface area contributed by atoms with Crippen molar-refractivity contribution in [3.8, 4) is 0 Å². The Balaban J connectivity index is 1.38. The molecule has 1 aromatic rings. The van der Waals surface area contributed by atoms with Crippen molar-refractivity contribution in [3.05, 3.63) is 24.3 Å². The number of benzene rings is 1. The van der Waals surface area contributed by atoms with Crippen LogP contribution in [-0.4, -0.2) is 54.6 Å². The molecular formula is C24H35N3O4S. The standard InChI is InChI=1S/C24H35N3O4S/c1-2-20-8-6-7-15-27(20)32(30,31)22-13-11-19(12-14-22)25-24(29)18-16-23(28)26(17-18)21-9-4-3-5-10-21/h11-14,18,20-21H,2-10,15-17H2,1H3,(H,25,29)/t18-,20+/m1/s1. The summed E-state index contributed by atoms with van der Waals surface area (Å²) in [5.41, 5.74) is 0.559. The van der Waals surface area contributed by atoms with Gasteiger partial charge in [-0.2, -0.15) is 4.31 Å². The first-order valence-corrected chi connectivity index (χ1v) is 13.6. The predicted molar refractivity (Wildman–Crippen MR) is 124 cm³/mol.